The van der Waals surface area contributed by atoms with Crippen LogP contribution in [-0.2, 0) is 6.42 Å². The number of likely N-dealkylation sites (N-methyl/N-ethyl adjacent to an activating group) is 1. The summed E-state index contributed by atoms with van der Waals surface area (Å²) in [5.41, 5.74) is 4.14. The summed E-state index contributed by atoms with van der Waals surface area (Å²) in [5, 5.41) is 0.873. The Balaban J connectivity index is 1.83. The van der Waals surface area contributed by atoms with Crippen LogP contribution >= 0.6 is 0 Å². The van der Waals surface area contributed by atoms with Crippen LogP contribution in [0.3, 0.4) is 0 Å². The molecule has 25 heavy (non-hydrogen) atoms. The lowest BCUT2D eigenvalue weighted by Crippen LogP contribution is -2.37. The molecule has 3 aromatic heterocycles. The van der Waals surface area contributed by atoms with E-state index in [1.807, 2.05) is 58.3 Å². The first-order valence-electron chi connectivity index (χ1n) is 8.37. The second-order valence-electron chi connectivity index (χ2n) is 6.47. The van der Waals surface area contributed by atoms with Crippen molar-refractivity contribution in [2.45, 2.75) is 33.2 Å². The fraction of sp³-hybridized carbons (Fsp3) is 0.300. The summed E-state index contributed by atoms with van der Waals surface area (Å²) in [4.78, 5) is 27.8. The van der Waals surface area contributed by atoms with Crippen LogP contribution in [0.15, 0.2) is 42.7 Å². The molecule has 1 atom stereocenters. The average Bonchev–Trinajstić information content (AvgIpc) is 2.60. The number of hydrogen-bond donors (Lipinski definition) is 0. The minimum atomic E-state index is -0.0316. The molecule has 3 rings (SSSR count). The van der Waals surface area contributed by atoms with Gasteiger partial charge in [-0.1, -0.05) is 0 Å². The Bertz CT molecular complexity index is 922. The van der Waals surface area contributed by atoms with Gasteiger partial charge in [0, 0.05) is 43.0 Å². The number of rotatable bonds is 4. The number of aromatic nitrogens is 3. The molecule has 0 N–H and O–H groups in total. The minimum Gasteiger partial charge on any atom is -0.339 e. The topological polar surface area (TPSA) is 59.0 Å². The molecule has 0 aliphatic carbocycles. The van der Waals surface area contributed by atoms with Gasteiger partial charge in [-0.05, 0) is 56.7 Å². The van der Waals surface area contributed by atoms with Gasteiger partial charge >= 0.3 is 0 Å². The molecule has 0 aliphatic heterocycles. The van der Waals surface area contributed by atoms with E-state index in [0.717, 1.165) is 11.1 Å². The molecule has 0 saturated heterocycles. The Kier molecular flexibility index (Phi) is 4.74. The predicted octanol–water partition coefficient (Wildman–Crippen LogP) is 3.34. The summed E-state index contributed by atoms with van der Waals surface area (Å²) in [6.07, 6.45) is 4.23. The van der Waals surface area contributed by atoms with Gasteiger partial charge in [0.1, 0.15) is 0 Å². The third-order valence-corrected chi connectivity index (χ3v) is 4.47. The highest BCUT2D eigenvalue weighted by Crippen LogP contribution is 2.17. The molecule has 0 saturated carbocycles. The Morgan fingerprint density at radius 3 is 2.72 bits per heavy atom. The van der Waals surface area contributed by atoms with E-state index in [0.29, 0.717) is 23.3 Å². The van der Waals surface area contributed by atoms with Crippen LogP contribution in [0.1, 0.15) is 34.2 Å². The third kappa shape index (κ3) is 3.65. The van der Waals surface area contributed by atoms with E-state index < -0.39 is 0 Å². The van der Waals surface area contributed by atoms with E-state index in [-0.39, 0.29) is 11.9 Å². The largest absolute Gasteiger partial charge is 0.339 e. The maximum atomic E-state index is 13.0. The first-order chi connectivity index (χ1) is 12.0. The molecule has 0 aliphatic rings. The number of amides is 1. The summed E-state index contributed by atoms with van der Waals surface area (Å²) in [5.74, 6) is -0.0316. The van der Waals surface area contributed by atoms with E-state index in [1.165, 1.54) is 5.56 Å². The number of pyridine rings is 3. The van der Waals surface area contributed by atoms with Gasteiger partial charge in [0.25, 0.3) is 5.91 Å². The van der Waals surface area contributed by atoms with Crippen molar-refractivity contribution < 1.29 is 4.79 Å². The fourth-order valence-electron chi connectivity index (χ4n) is 2.85. The molecule has 3 heterocycles. The van der Waals surface area contributed by atoms with Crippen LogP contribution in [0.4, 0.5) is 0 Å². The predicted molar refractivity (Wildman–Crippen MR) is 98.5 cm³/mol. The first-order valence-corrected chi connectivity index (χ1v) is 8.37. The van der Waals surface area contributed by atoms with Crippen LogP contribution in [0, 0.1) is 13.8 Å². The van der Waals surface area contributed by atoms with Gasteiger partial charge in [0.2, 0.25) is 0 Å². The molecule has 128 valence electrons. The van der Waals surface area contributed by atoms with Gasteiger partial charge in [-0.2, -0.15) is 0 Å². The van der Waals surface area contributed by atoms with Crippen LogP contribution in [0.5, 0.6) is 0 Å². The second-order valence-corrected chi connectivity index (χ2v) is 6.47. The zero-order valence-corrected chi connectivity index (χ0v) is 15.0. The number of carbonyl (C=O) groups excluding carboxylic acids is 1. The number of aryl methyl sites for hydroxylation is 2. The van der Waals surface area contributed by atoms with Crippen molar-refractivity contribution >= 4 is 16.9 Å². The van der Waals surface area contributed by atoms with Crippen molar-refractivity contribution in [3.05, 3.63) is 65.2 Å². The van der Waals surface area contributed by atoms with Crippen LogP contribution in [-0.4, -0.2) is 38.8 Å². The van der Waals surface area contributed by atoms with Crippen LogP contribution < -0.4 is 0 Å². The normalized spacial score (nSPS) is 12.2. The number of nitrogens with zero attached hydrogens (tertiary/aromatic N) is 4. The molecule has 1 amide bonds. The molecule has 0 bridgehead atoms. The van der Waals surface area contributed by atoms with Crippen molar-refractivity contribution in [2.75, 3.05) is 7.05 Å². The van der Waals surface area contributed by atoms with Gasteiger partial charge in [-0.15, -0.1) is 0 Å². The standard InChI is InChI=1S/C20H22N4O/c1-13-7-9-21-17(10-13)11-14(2)24(4)20(25)18-12-16-6-5-8-22-19(16)23-15(18)3/h5-10,12,14H,11H2,1-4H3/t14-/m0/s1. The minimum absolute atomic E-state index is 0.0316. The van der Waals surface area contributed by atoms with Crippen molar-refractivity contribution in [3.63, 3.8) is 0 Å². The van der Waals surface area contributed by atoms with E-state index in [2.05, 4.69) is 21.0 Å². The molecule has 0 spiro atoms. The summed E-state index contributed by atoms with van der Waals surface area (Å²) < 4.78 is 0. The molecule has 3 aromatic rings. The van der Waals surface area contributed by atoms with Gasteiger partial charge in [-0.25, -0.2) is 9.97 Å². The van der Waals surface area contributed by atoms with E-state index in [4.69, 9.17) is 0 Å². The zero-order chi connectivity index (χ0) is 18.0. The monoisotopic (exact) mass is 334 g/mol. The highest BCUT2D eigenvalue weighted by Gasteiger charge is 2.21. The Morgan fingerprint density at radius 1 is 1.16 bits per heavy atom. The fourth-order valence-corrected chi connectivity index (χ4v) is 2.85. The van der Waals surface area contributed by atoms with E-state index in [9.17, 15) is 4.79 Å². The van der Waals surface area contributed by atoms with E-state index in [1.54, 1.807) is 11.1 Å². The lowest BCUT2D eigenvalue weighted by molar-refractivity contribution is 0.0742. The van der Waals surface area contributed by atoms with Crippen molar-refractivity contribution in [2.24, 2.45) is 0 Å². The third-order valence-electron chi connectivity index (χ3n) is 4.47. The van der Waals surface area contributed by atoms with E-state index >= 15 is 0 Å². The SMILES string of the molecule is Cc1ccnc(C[C@H](C)N(C)C(=O)c2cc3cccnc3nc2C)c1. The second kappa shape index (κ2) is 6.97. The quantitative estimate of drug-likeness (QED) is 0.734. The smallest absolute Gasteiger partial charge is 0.255 e. The summed E-state index contributed by atoms with van der Waals surface area (Å²) >= 11 is 0. The Labute approximate surface area is 147 Å². The molecule has 5 heteroatoms. The number of hydrogen-bond acceptors (Lipinski definition) is 4. The number of fused-ring (bicyclic) bond motifs is 1. The molecule has 0 unspecified atom stereocenters. The highest BCUT2D eigenvalue weighted by atomic mass is 16.2. The summed E-state index contributed by atoms with van der Waals surface area (Å²) in [6.45, 7) is 5.93. The summed E-state index contributed by atoms with van der Waals surface area (Å²) in [7, 11) is 1.83. The van der Waals surface area contributed by atoms with Gasteiger partial charge in [0.05, 0.1) is 11.3 Å². The van der Waals surface area contributed by atoms with Gasteiger partial charge in [0.15, 0.2) is 5.65 Å². The molecule has 0 aromatic carbocycles. The van der Waals surface area contributed by atoms with Crippen molar-refractivity contribution in [3.8, 4) is 0 Å². The molecular weight excluding hydrogens is 312 g/mol. The molecule has 0 radical (unpaired) electrons. The van der Waals surface area contributed by atoms with Gasteiger partial charge < -0.3 is 4.90 Å². The molecular formula is C20H22N4O. The maximum Gasteiger partial charge on any atom is 0.255 e. The zero-order valence-electron chi connectivity index (χ0n) is 15.0. The lowest BCUT2D eigenvalue weighted by Gasteiger charge is -2.25. The van der Waals surface area contributed by atoms with Gasteiger partial charge in [-0.3, -0.25) is 9.78 Å². The van der Waals surface area contributed by atoms with Crippen LogP contribution in [0.2, 0.25) is 0 Å². The molecule has 5 nitrogen and oxygen atoms in total. The number of carbonyl (C=O) groups is 1. The molecule has 0 fully saturated rings. The lowest BCUT2D eigenvalue weighted by atomic mass is 10.1. The first kappa shape index (κ1) is 17.0. The highest BCUT2D eigenvalue weighted by molar-refractivity contribution is 5.98. The Hall–Kier alpha value is -2.82. The van der Waals surface area contributed by atoms with Crippen LogP contribution in [0.25, 0.3) is 11.0 Å². The van der Waals surface area contributed by atoms with Crippen molar-refractivity contribution in [1.29, 1.82) is 0 Å². The summed E-state index contributed by atoms with van der Waals surface area (Å²) in [6, 6.07) is 9.71. The maximum absolute atomic E-state index is 13.0. The average molecular weight is 334 g/mol. The van der Waals surface area contributed by atoms with Crippen molar-refractivity contribution in [1.82, 2.24) is 19.9 Å². The Morgan fingerprint density at radius 2 is 1.96 bits per heavy atom.